The van der Waals surface area contributed by atoms with Crippen molar-refractivity contribution in [2.24, 2.45) is 26.2 Å². The molecule has 2 aromatic rings. The van der Waals surface area contributed by atoms with Gasteiger partial charge in [0.05, 0.1) is 24.3 Å². The summed E-state index contributed by atoms with van der Waals surface area (Å²) >= 11 is 0. The highest BCUT2D eigenvalue weighted by molar-refractivity contribution is 6.67. The Bertz CT molecular complexity index is 1420. The number of halogens is 2. The molecule has 0 fully saturated rings. The van der Waals surface area contributed by atoms with Gasteiger partial charge in [-0.15, -0.1) is 0 Å². The molecule has 0 saturated heterocycles. The first kappa shape index (κ1) is 38.8. The maximum absolute atomic E-state index is 14.5. The van der Waals surface area contributed by atoms with E-state index in [0.29, 0.717) is 25.2 Å². The van der Waals surface area contributed by atoms with Crippen LogP contribution in [0.3, 0.4) is 0 Å². The van der Waals surface area contributed by atoms with Crippen LogP contribution in [0.25, 0.3) is 0 Å². The van der Waals surface area contributed by atoms with Gasteiger partial charge in [-0.2, -0.15) is 0 Å². The number of hydrogen-bond donors (Lipinski definition) is 5. The summed E-state index contributed by atoms with van der Waals surface area (Å²) in [5, 5.41) is 30.5. The smallest absolute Gasteiger partial charge is 0.429 e. The zero-order valence-corrected chi connectivity index (χ0v) is 26.4. The van der Waals surface area contributed by atoms with E-state index in [9.17, 15) is 33.4 Å². The van der Waals surface area contributed by atoms with Crippen molar-refractivity contribution >= 4 is 66.0 Å². The predicted octanol–water partition coefficient (Wildman–Crippen LogP) is -0.477. The number of carbonyl (C=O) groups is 2. The average molecular weight is 651 g/mol. The summed E-state index contributed by atoms with van der Waals surface area (Å²) in [4.78, 5) is 36.0. The van der Waals surface area contributed by atoms with Gasteiger partial charge in [0.2, 0.25) is 0 Å². The highest BCUT2D eigenvalue weighted by Crippen LogP contribution is 2.19. The van der Waals surface area contributed by atoms with Crippen molar-refractivity contribution < 1.29 is 42.9 Å². The molecule has 0 atom stereocenters. The second-order valence-corrected chi connectivity index (χ2v) is 10.00. The number of benzene rings is 2. The van der Waals surface area contributed by atoms with Crippen LogP contribution in [0.4, 0.5) is 8.78 Å². The number of ether oxygens (including phenoxy) is 2. The summed E-state index contributed by atoms with van der Waals surface area (Å²) in [6, 6.07) is 7.99. The number of hydrogen-bond acceptors (Lipinski definition) is 10. The third-order valence-electron chi connectivity index (χ3n) is 6.32. The molecule has 0 aliphatic heterocycles. The first-order valence-electron chi connectivity index (χ1n) is 14.6. The summed E-state index contributed by atoms with van der Waals surface area (Å²) < 4.78 is 40.3. The Hall–Kier alpha value is -4.35. The van der Waals surface area contributed by atoms with Gasteiger partial charge in [0.25, 0.3) is 0 Å². The molecule has 0 bridgehead atoms. The van der Waals surface area contributed by atoms with E-state index in [-0.39, 0.29) is 66.6 Å². The van der Waals surface area contributed by atoms with E-state index >= 15 is 0 Å². The number of carbonyl (C=O) groups excluding carboxylic acids is 2. The lowest BCUT2D eigenvalue weighted by Crippen LogP contribution is -2.55. The molecule has 21 heteroatoms. The van der Waals surface area contributed by atoms with Crippen molar-refractivity contribution in [3.8, 4) is 11.5 Å². The van der Waals surface area contributed by atoms with Gasteiger partial charge in [0.15, 0.2) is 5.96 Å². The lowest BCUT2D eigenvalue weighted by molar-refractivity contribution is 0.286. The van der Waals surface area contributed by atoms with E-state index in [4.69, 9.17) is 20.9 Å². The van der Waals surface area contributed by atoms with Gasteiger partial charge < -0.3 is 65.0 Å². The maximum atomic E-state index is 14.5. The van der Waals surface area contributed by atoms with Gasteiger partial charge in [-0.1, -0.05) is 0 Å². The second-order valence-electron chi connectivity index (χ2n) is 10.00. The zero-order valence-electron chi connectivity index (χ0n) is 26.4. The van der Waals surface area contributed by atoms with Gasteiger partial charge in [0.1, 0.15) is 47.2 Å². The molecule has 0 saturated carbocycles. The van der Waals surface area contributed by atoms with Crippen LogP contribution in [0, 0.1) is 11.6 Å². The fourth-order valence-electron chi connectivity index (χ4n) is 4.21. The normalized spacial score (nSPS) is 11.8. The van der Waals surface area contributed by atoms with Crippen LogP contribution >= 0.6 is 0 Å². The molecule has 0 amide bonds. The Morgan fingerprint density at radius 3 is 1.66 bits per heavy atom. The molecule has 0 aromatic heterocycles. The monoisotopic (exact) mass is 651 g/mol. The Kier molecular flexibility index (Phi) is 16.5. The molecule has 246 valence electrons. The third kappa shape index (κ3) is 12.8. The first-order valence-corrected chi connectivity index (χ1v) is 14.6. The van der Waals surface area contributed by atoms with Crippen molar-refractivity contribution in [1.82, 2.24) is 9.62 Å². The summed E-state index contributed by atoms with van der Waals surface area (Å²) in [7, 11) is -1.40. The quantitative estimate of drug-likeness (QED) is 0.0431. The number of nitrogens with two attached hydrogens (primary N) is 2. The standard InChI is InChI=1S/C26H36B5F2N7O7/c1-29(43)38-25(35)21-9-7-19(15-23(21)33)47-13-5-11-40(31(3)45)26(37-28-17-42)39(30(2)44)10-4-12-46-18-6-8-20(22(32)14-18)24(34)36-27-16-41/h6-9,14-17,43-45H,4-5,10-13H2,1-3H3,(H2,34,36)(H2,35,38). The molecule has 0 aliphatic carbocycles. The minimum absolute atomic E-state index is 0.000734. The molecule has 0 unspecified atom stereocenters. The van der Waals surface area contributed by atoms with Crippen LogP contribution in [-0.2, 0) is 9.59 Å². The molecule has 2 aromatic carbocycles. The van der Waals surface area contributed by atoms with E-state index in [1.807, 2.05) is 0 Å². The van der Waals surface area contributed by atoms with E-state index in [1.165, 1.54) is 54.4 Å². The number of nitrogens with zero attached hydrogens (tertiary/aromatic N) is 5. The topological polar surface area (TPSA) is 209 Å². The molecule has 2 rings (SSSR count). The van der Waals surface area contributed by atoms with Crippen molar-refractivity contribution in [3.05, 3.63) is 59.2 Å². The van der Waals surface area contributed by atoms with Gasteiger partial charge in [-0.3, -0.25) is 4.90 Å². The molecular weight excluding hydrogens is 614 g/mol. The fraction of sp³-hybridized carbons (Fsp3) is 0.346. The van der Waals surface area contributed by atoms with Crippen LogP contribution < -0.4 is 20.9 Å². The van der Waals surface area contributed by atoms with E-state index in [1.54, 1.807) is 0 Å². The molecule has 47 heavy (non-hydrogen) atoms. The SMILES string of the molecule is CB(O)N=C(N)c1ccc(OCCCN(B(C)O)C(=N[B]C=O)N(CCCOc2ccc(C(N)=N[B]C=O)c(F)c2)B(C)O)cc1F. The van der Waals surface area contributed by atoms with Crippen LogP contribution in [0.1, 0.15) is 24.0 Å². The molecule has 7 N–H and O–H groups in total. The van der Waals surface area contributed by atoms with Gasteiger partial charge in [-0.25, -0.2) is 8.78 Å². The van der Waals surface area contributed by atoms with Crippen molar-refractivity contribution in [2.75, 3.05) is 26.3 Å². The fourth-order valence-corrected chi connectivity index (χ4v) is 4.21. The van der Waals surface area contributed by atoms with E-state index in [0.717, 1.165) is 27.0 Å². The number of amidine groups is 2. The molecule has 2 radical (unpaired) electrons. The Labute approximate surface area is 274 Å². The summed E-state index contributed by atoms with van der Waals surface area (Å²) in [5.74, 6) is -1.18. The maximum Gasteiger partial charge on any atom is 0.429 e. The molecule has 0 heterocycles. The highest BCUT2D eigenvalue weighted by Gasteiger charge is 2.29. The third-order valence-corrected chi connectivity index (χ3v) is 6.32. The number of guanidine groups is 1. The minimum atomic E-state index is -1.10. The zero-order chi connectivity index (χ0) is 34.9. The minimum Gasteiger partial charge on any atom is -0.493 e. The van der Waals surface area contributed by atoms with Crippen LogP contribution in [0.15, 0.2) is 51.1 Å². The van der Waals surface area contributed by atoms with Crippen LogP contribution in [0.2, 0.25) is 20.5 Å². The molecule has 14 nitrogen and oxygen atoms in total. The Morgan fingerprint density at radius 2 is 1.26 bits per heavy atom. The van der Waals surface area contributed by atoms with Crippen molar-refractivity contribution in [2.45, 2.75) is 33.3 Å². The number of rotatable bonds is 19. The lowest BCUT2D eigenvalue weighted by Gasteiger charge is -2.36. The summed E-state index contributed by atoms with van der Waals surface area (Å²) in [6.45, 7) is 4.90. The van der Waals surface area contributed by atoms with Crippen molar-refractivity contribution in [1.29, 1.82) is 0 Å². The Balaban J connectivity index is 2.04. The lowest BCUT2D eigenvalue weighted by atomic mass is 9.81. The summed E-state index contributed by atoms with van der Waals surface area (Å²) in [6.07, 6.45) is 1.51. The highest BCUT2D eigenvalue weighted by atomic mass is 19.1. The van der Waals surface area contributed by atoms with Crippen LogP contribution in [0.5, 0.6) is 11.5 Å². The van der Waals surface area contributed by atoms with Crippen LogP contribution in [-0.4, -0.2) is 117 Å². The molecule has 0 spiro atoms. The first-order chi connectivity index (χ1) is 22.4. The Morgan fingerprint density at radius 1 is 0.809 bits per heavy atom. The van der Waals surface area contributed by atoms with E-state index in [2.05, 4.69) is 14.7 Å². The van der Waals surface area contributed by atoms with Gasteiger partial charge in [-0.05, 0) is 57.6 Å². The summed E-state index contributed by atoms with van der Waals surface area (Å²) in [5.41, 5.74) is 11.4. The van der Waals surface area contributed by atoms with Crippen molar-refractivity contribution in [3.63, 3.8) is 0 Å². The van der Waals surface area contributed by atoms with Gasteiger partial charge >= 0.3 is 36.0 Å². The predicted molar refractivity (Wildman–Crippen MR) is 182 cm³/mol. The van der Waals surface area contributed by atoms with E-state index < -0.39 is 32.8 Å². The average Bonchev–Trinajstić information content (AvgIpc) is 3.00. The largest absolute Gasteiger partial charge is 0.493 e. The second kappa shape index (κ2) is 20.0. The molecular formula is C26H36B5F2N7O7. The molecule has 0 aliphatic rings. The van der Waals surface area contributed by atoms with Gasteiger partial charge in [0, 0.05) is 25.2 Å².